The molecule has 1 aromatic heterocycles. The van der Waals surface area contributed by atoms with Crippen molar-refractivity contribution in [3.8, 4) is 22.1 Å². The van der Waals surface area contributed by atoms with Crippen molar-refractivity contribution in [3.05, 3.63) is 28.8 Å². The van der Waals surface area contributed by atoms with Crippen molar-refractivity contribution in [1.29, 1.82) is 0 Å². The average molecular weight is 305 g/mol. The van der Waals surface area contributed by atoms with E-state index >= 15 is 0 Å². The summed E-state index contributed by atoms with van der Waals surface area (Å²) in [6.07, 6.45) is 0.929. The van der Waals surface area contributed by atoms with Gasteiger partial charge in [0.1, 0.15) is 5.01 Å². The molecule has 2 aromatic rings. The van der Waals surface area contributed by atoms with E-state index in [9.17, 15) is 4.79 Å². The van der Waals surface area contributed by atoms with Gasteiger partial charge in [-0.25, -0.2) is 4.98 Å². The Bertz CT molecular complexity index is 649. The van der Waals surface area contributed by atoms with Gasteiger partial charge in [0.05, 0.1) is 24.3 Å². The molecule has 4 nitrogen and oxygen atoms in total. The smallest absolute Gasteiger partial charge is 0.171 e. The number of thiazole rings is 1. The Hall–Kier alpha value is -1.88. The third-order valence-corrected chi connectivity index (χ3v) is 4.30. The fraction of sp³-hybridized carbons (Fsp3) is 0.375. The molecule has 1 aromatic carbocycles. The topological polar surface area (TPSA) is 48.4 Å². The molecule has 0 aliphatic rings. The number of ether oxygens (including phenoxy) is 2. The fourth-order valence-corrected chi connectivity index (χ4v) is 2.94. The molecule has 0 aliphatic heterocycles. The van der Waals surface area contributed by atoms with E-state index in [1.54, 1.807) is 14.0 Å². The summed E-state index contributed by atoms with van der Waals surface area (Å²) in [5.41, 5.74) is 1.71. The zero-order valence-corrected chi connectivity index (χ0v) is 13.5. The maximum absolute atomic E-state index is 11.5. The van der Waals surface area contributed by atoms with E-state index < -0.39 is 0 Å². The van der Waals surface area contributed by atoms with Crippen LogP contribution in [0.1, 0.15) is 35.6 Å². The van der Waals surface area contributed by atoms with Crippen molar-refractivity contribution in [1.82, 2.24) is 4.98 Å². The minimum absolute atomic E-state index is 0.0484. The van der Waals surface area contributed by atoms with Crippen molar-refractivity contribution in [3.63, 3.8) is 0 Å². The Morgan fingerprint density at radius 3 is 2.67 bits per heavy atom. The Labute approximate surface area is 128 Å². The summed E-state index contributed by atoms with van der Waals surface area (Å²) in [4.78, 5) is 16.7. The first kappa shape index (κ1) is 15.5. The lowest BCUT2D eigenvalue weighted by molar-refractivity contribution is 0.102. The second-order valence-electron chi connectivity index (χ2n) is 4.70. The number of methoxy groups -OCH3 is 1. The lowest BCUT2D eigenvalue weighted by Crippen LogP contribution is -1.98. The number of ketones is 1. The van der Waals surface area contributed by atoms with Gasteiger partial charge in [-0.3, -0.25) is 4.79 Å². The summed E-state index contributed by atoms with van der Waals surface area (Å²) in [6, 6.07) is 5.71. The number of hydrogen-bond acceptors (Lipinski definition) is 5. The van der Waals surface area contributed by atoms with Crippen LogP contribution < -0.4 is 9.47 Å². The molecule has 112 valence electrons. The standard InChI is InChI=1S/C16H19NO3S/c1-5-8-20-14-9-12(6-7-13(14)19-4)16-17-10(2)15(21-16)11(3)18/h6-7,9H,5,8H2,1-4H3. The molecule has 0 fully saturated rings. The van der Waals surface area contributed by atoms with E-state index in [0.717, 1.165) is 22.7 Å². The van der Waals surface area contributed by atoms with Crippen molar-refractivity contribution >= 4 is 17.1 Å². The van der Waals surface area contributed by atoms with Gasteiger partial charge in [-0.1, -0.05) is 6.92 Å². The molecule has 0 aliphatic carbocycles. The predicted molar refractivity (Wildman–Crippen MR) is 84.6 cm³/mol. The van der Waals surface area contributed by atoms with Crippen molar-refractivity contribution in [2.75, 3.05) is 13.7 Å². The van der Waals surface area contributed by atoms with E-state index in [0.29, 0.717) is 23.0 Å². The molecule has 2 rings (SSSR count). The van der Waals surface area contributed by atoms with Crippen LogP contribution in [0.15, 0.2) is 18.2 Å². The van der Waals surface area contributed by atoms with Gasteiger partial charge in [0.15, 0.2) is 17.3 Å². The lowest BCUT2D eigenvalue weighted by Gasteiger charge is -2.10. The molecule has 0 saturated heterocycles. The van der Waals surface area contributed by atoms with Crippen molar-refractivity contribution < 1.29 is 14.3 Å². The van der Waals surface area contributed by atoms with E-state index in [1.807, 2.05) is 25.1 Å². The van der Waals surface area contributed by atoms with E-state index in [1.165, 1.54) is 11.3 Å². The number of hydrogen-bond donors (Lipinski definition) is 0. The number of nitrogens with zero attached hydrogens (tertiary/aromatic N) is 1. The van der Waals surface area contributed by atoms with Gasteiger partial charge in [0, 0.05) is 12.5 Å². The molecule has 5 heteroatoms. The highest BCUT2D eigenvalue weighted by molar-refractivity contribution is 7.17. The number of aryl methyl sites for hydroxylation is 1. The molecule has 21 heavy (non-hydrogen) atoms. The summed E-state index contributed by atoms with van der Waals surface area (Å²) >= 11 is 1.41. The summed E-state index contributed by atoms with van der Waals surface area (Å²) in [6.45, 7) is 6.11. The second kappa shape index (κ2) is 6.72. The highest BCUT2D eigenvalue weighted by Crippen LogP contribution is 2.35. The number of carbonyl (C=O) groups excluding carboxylic acids is 1. The highest BCUT2D eigenvalue weighted by atomic mass is 32.1. The van der Waals surface area contributed by atoms with Crippen LogP contribution in [0, 0.1) is 6.92 Å². The first-order valence-corrected chi connectivity index (χ1v) is 7.68. The molecule has 1 heterocycles. The Kier molecular flexibility index (Phi) is 4.96. The van der Waals surface area contributed by atoms with Gasteiger partial charge in [-0.05, 0) is 31.5 Å². The van der Waals surface area contributed by atoms with Gasteiger partial charge in [0.2, 0.25) is 0 Å². The number of Topliss-reactive ketones (excluding diaryl/α,β-unsaturated/α-hetero) is 1. The summed E-state index contributed by atoms with van der Waals surface area (Å²) < 4.78 is 11.0. The van der Waals surface area contributed by atoms with Crippen LogP contribution in [0.25, 0.3) is 10.6 Å². The molecule has 0 unspecified atom stereocenters. The monoisotopic (exact) mass is 305 g/mol. The summed E-state index contributed by atoms with van der Waals surface area (Å²) in [5, 5.41) is 0.821. The summed E-state index contributed by atoms with van der Waals surface area (Å²) in [5.74, 6) is 1.45. The third kappa shape index (κ3) is 3.42. The molecule has 0 N–H and O–H groups in total. The van der Waals surface area contributed by atoms with Gasteiger partial charge in [-0.15, -0.1) is 11.3 Å². The van der Waals surface area contributed by atoms with Crippen LogP contribution in [0.3, 0.4) is 0 Å². The molecule has 0 amide bonds. The van der Waals surface area contributed by atoms with Crippen LogP contribution in [0.5, 0.6) is 11.5 Å². The number of carbonyl (C=O) groups is 1. The molecular weight excluding hydrogens is 286 g/mol. The van der Waals surface area contributed by atoms with Crippen LogP contribution in [-0.2, 0) is 0 Å². The van der Waals surface area contributed by atoms with Gasteiger partial charge >= 0.3 is 0 Å². The predicted octanol–water partition coefficient (Wildman–Crippen LogP) is 4.12. The van der Waals surface area contributed by atoms with E-state index in [2.05, 4.69) is 11.9 Å². The normalized spacial score (nSPS) is 10.5. The van der Waals surface area contributed by atoms with Gasteiger partial charge in [-0.2, -0.15) is 0 Å². The second-order valence-corrected chi connectivity index (χ2v) is 5.70. The molecule has 0 atom stereocenters. The number of rotatable bonds is 6. The zero-order valence-electron chi connectivity index (χ0n) is 12.7. The van der Waals surface area contributed by atoms with Crippen molar-refractivity contribution in [2.24, 2.45) is 0 Å². The lowest BCUT2D eigenvalue weighted by atomic mass is 10.2. The zero-order chi connectivity index (χ0) is 15.4. The van der Waals surface area contributed by atoms with E-state index in [-0.39, 0.29) is 5.78 Å². The first-order valence-electron chi connectivity index (χ1n) is 6.86. The number of benzene rings is 1. The highest BCUT2D eigenvalue weighted by Gasteiger charge is 2.14. The molecule has 0 bridgehead atoms. The van der Waals surface area contributed by atoms with Gasteiger partial charge in [0.25, 0.3) is 0 Å². The molecular formula is C16H19NO3S. The minimum atomic E-state index is 0.0484. The van der Waals surface area contributed by atoms with Crippen LogP contribution >= 0.6 is 11.3 Å². The Balaban J connectivity index is 2.39. The van der Waals surface area contributed by atoms with Crippen LogP contribution in [-0.4, -0.2) is 24.5 Å². The Morgan fingerprint density at radius 2 is 2.10 bits per heavy atom. The summed E-state index contributed by atoms with van der Waals surface area (Å²) in [7, 11) is 1.62. The third-order valence-electron chi connectivity index (χ3n) is 2.99. The minimum Gasteiger partial charge on any atom is -0.493 e. The first-order chi connectivity index (χ1) is 10.1. The van der Waals surface area contributed by atoms with Crippen LogP contribution in [0.4, 0.5) is 0 Å². The number of aromatic nitrogens is 1. The molecule has 0 saturated carbocycles. The largest absolute Gasteiger partial charge is 0.493 e. The maximum atomic E-state index is 11.5. The van der Waals surface area contributed by atoms with Gasteiger partial charge < -0.3 is 9.47 Å². The maximum Gasteiger partial charge on any atom is 0.171 e. The molecule has 0 spiro atoms. The van der Waals surface area contributed by atoms with Crippen LogP contribution in [0.2, 0.25) is 0 Å². The van der Waals surface area contributed by atoms with Crippen molar-refractivity contribution in [2.45, 2.75) is 27.2 Å². The van der Waals surface area contributed by atoms with E-state index in [4.69, 9.17) is 9.47 Å². The Morgan fingerprint density at radius 1 is 1.33 bits per heavy atom. The SMILES string of the molecule is CCCOc1cc(-c2nc(C)c(C(C)=O)s2)ccc1OC. The fourth-order valence-electron chi connectivity index (χ4n) is 1.98. The molecule has 0 radical (unpaired) electrons. The average Bonchev–Trinajstić information content (AvgIpc) is 2.87. The quantitative estimate of drug-likeness (QED) is 0.753.